The molecule has 0 saturated heterocycles. The van der Waals surface area contributed by atoms with Gasteiger partial charge in [-0.2, -0.15) is 0 Å². The molecule has 1 aliphatic heterocycles. The molecule has 1 unspecified atom stereocenters. The molecule has 1 aromatic heterocycles. The number of aromatic hydroxyl groups is 1. The number of nitrogens with one attached hydrogen (secondary N) is 14. The zero-order chi connectivity index (χ0) is 93.1. The number of aromatic amines is 1. The number of rotatable bonds is 31. The Morgan fingerprint density at radius 2 is 1.09 bits per heavy atom. The number of para-hydroxylation sites is 1. The minimum Gasteiger partial charge on any atom is -0.508 e. The Bertz CT molecular complexity index is 4600. The van der Waals surface area contributed by atoms with Gasteiger partial charge in [0.05, 0.1) is 18.8 Å². The first kappa shape index (κ1) is 102. The minimum absolute atomic E-state index is 0.0226. The number of aromatic nitrogens is 1. The molecule has 21 N–H and O–H groups in total. The van der Waals surface area contributed by atoms with Gasteiger partial charge in [0.2, 0.25) is 88.6 Å². The normalized spacial score (nSPS) is 22.0. The smallest absolute Gasteiger partial charge is 0.246 e. The van der Waals surface area contributed by atoms with Crippen LogP contribution < -0.4 is 80.6 Å². The highest BCUT2D eigenvalue weighted by molar-refractivity contribution is 6.02. The Morgan fingerprint density at radius 1 is 0.532 bits per heavy atom. The van der Waals surface area contributed by atoms with E-state index in [0.29, 0.717) is 65.3 Å². The molecule has 686 valence electrons. The quantitative estimate of drug-likeness (QED) is 0.0283. The standard InChI is InChI=1S/C91H128N16O19/c1-52(2)43-62-49-74(112)67(39-40-75(92)113)99-78(115)54(5)95-82(119)72(48-63-50-94-66-34-26-25-33-65(63)66)102-83(120)70(47-61-35-37-64(111)38-36-61)101-80(117)56(7)97-88(125)90(10,107-86(123)71(46-60-31-23-20-24-32-60)103-87(124)76(57(8)109)105-84(121)69(44-53(3)4)98-58(9)110)41-27-17-15-13-12-14-16-18-28-42-91(11,106-81(62)118)89(126)104-73(51-108)85(122)96-55(6)79(116)100-68(77(93)114)45-59-29-21-19-22-30-59/h14,16,19-26,29-38,50,52-57,62,67-73,76,94,108-109,111H,12-13,15,17-18,27-28,39-49,51H2,1-11H3,(H2,92,113)(H2,93,114)(H,95,119)(H,96,122)(H,97,125)(H,98,110)(H,99,115)(H,100,116)(H,101,117)(H,102,120)(H,103,124)(H,104,126)(H,105,121)(H,106,118)(H,107,123)/t54-,55-,56?,57+,62+,67-,68-,69-,70-,71-,72-,73-,76-,90+,91-/m0/s1. The average Bonchev–Trinajstić information content (AvgIpc) is 1.53. The molecule has 0 radical (unpaired) electrons. The SMILES string of the molecule is CC(=O)N[C@@H](CC(C)C)C(=O)N[C@H](C(=O)N[C@@H](Cc1ccccc1)C(=O)N[C@]1(C)CCCCCCC=CCCC[C@@](C)(C(=O)N[C@@H](CO)C(=O)N[C@@H](C)C(=O)N[C@@H](Cc2ccccc2)C(N)=O)NC(=O)[C@H](CC(C)C)CC(=O)[C@H](CCC(N)=O)NC(=O)[C@H](C)NC(=O)[C@H](Cc2c[nH]c3ccccc23)NC(=O)[C@H](Cc2ccc(O)cc2)NC(=O)C(C)NC1=O)[C@@H](C)O. The number of fused-ring (bicyclic) bond motifs is 1. The molecule has 4 aromatic carbocycles. The summed E-state index contributed by atoms with van der Waals surface area (Å²) in [5.41, 5.74) is 10.2. The van der Waals surface area contributed by atoms with Crippen LogP contribution in [0, 0.1) is 17.8 Å². The van der Waals surface area contributed by atoms with Crippen molar-refractivity contribution in [3.05, 3.63) is 150 Å². The number of benzene rings is 4. The Morgan fingerprint density at radius 3 is 1.68 bits per heavy atom. The van der Waals surface area contributed by atoms with E-state index in [-0.39, 0.29) is 88.2 Å². The summed E-state index contributed by atoms with van der Waals surface area (Å²) >= 11 is 0. The van der Waals surface area contributed by atoms with Gasteiger partial charge in [0, 0.05) is 68.5 Å². The van der Waals surface area contributed by atoms with E-state index in [1.807, 2.05) is 26.0 Å². The number of amides is 15. The van der Waals surface area contributed by atoms with Gasteiger partial charge in [-0.1, -0.05) is 150 Å². The summed E-state index contributed by atoms with van der Waals surface area (Å²) in [5.74, 6) is -15.7. The Kier molecular flexibility index (Phi) is 40.6. The van der Waals surface area contributed by atoms with E-state index in [4.69, 9.17) is 11.5 Å². The first-order valence-electron chi connectivity index (χ1n) is 43.0. The number of phenols is 1. The molecule has 0 saturated carbocycles. The summed E-state index contributed by atoms with van der Waals surface area (Å²) in [4.78, 5) is 231. The van der Waals surface area contributed by atoms with Gasteiger partial charge in [0.1, 0.15) is 77.2 Å². The van der Waals surface area contributed by atoms with E-state index in [1.165, 1.54) is 72.7 Å². The lowest BCUT2D eigenvalue weighted by molar-refractivity contribution is -0.139. The van der Waals surface area contributed by atoms with Gasteiger partial charge in [-0.3, -0.25) is 76.7 Å². The molecule has 35 heteroatoms. The first-order valence-corrected chi connectivity index (χ1v) is 43.0. The van der Waals surface area contributed by atoms with Crippen LogP contribution in [0.1, 0.15) is 188 Å². The van der Waals surface area contributed by atoms with Crippen molar-refractivity contribution in [2.45, 2.75) is 275 Å². The summed E-state index contributed by atoms with van der Waals surface area (Å²) in [7, 11) is 0. The lowest BCUT2D eigenvalue weighted by atomic mass is 9.86. The third-order valence-corrected chi connectivity index (χ3v) is 21.9. The maximum absolute atomic E-state index is 15.3. The van der Waals surface area contributed by atoms with Crippen molar-refractivity contribution >= 4 is 105 Å². The molecule has 0 aliphatic carbocycles. The number of aliphatic hydroxyl groups excluding tert-OH is 2. The van der Waals surface area contributed by atoms with Crippen molar-refractivity contribution < 1.29 is 92.0 Å². The molecule has 5 aromatic rings. The predicted octanol–water partition coefficient (Wildman–Crippen LogP) is 2.18. The fourth-order valence-corrected chi connectivity index (χ4v) is 14.6. The molecule has 0 spiro atoms. The number of primary amides is 2. The second-order valence-electron chi connectivity index (χ2n) is 34.0. The van der Waals surface area contributed by atoms with Crippen molar-refractivity contribution in [1.29, 1.82) is 0 Å². The molecular weight excluding hydrogens is 1620 g/mol. The summed E-state index contributed by atoms with van der Waals surface area (Å²) in [6.45, 7) is 15.4. The summed E-state index contributed by atoms with van der Waals surface area (Å²) in [5, 5.41) is 67.1. The van der Waals surface area contributed by atoms with Gasteiger partial charge < -0.3 is 101 Å². The average molecular weight is 1750 g/mol. The number of H-pyrrole nitrogens is 1. The van der Waals surface area contributed by atoms with Gasteiger partial charge in [0.15, 0.2) is 5.78 Å². The predicted molar refractivity (Wildman–Crippen MR) is 470 cm³/mol. The van der Waals surface area contributed by atoms with E-state index in [1.54, 1.807) is 105 Å². The maximum atomic E-state index is 15.3. The van der Waals surface area contributed by atoms with Crippen molar-refractivity contribution in [2.24, 2.45) is 29.2 Å². The number of Topliss-reactive ketones (excluding diaryl/α,β-unsaturated/α-hetero) is 1. The summed E-state index contributed by atoms with van der Waals surface area (Å²) in [6.07, 6.45) is 4.65. The number of carbonyl (C=O) groups excluding carboxylic acids is 16. The van der Waals surface area contributed by atoms with Gasteiger partial charge in [-0.25, -0.2) is 0 Å². The third kappa shape index (κ3) is 33.3. The fourth-order valence-electron chi connectivity index (χ4n) is 14.6. The first-order chi connectivity index (χ1) is 59.6. The lowest BCUT2D eigenvalue weighted by Crippen LogP contribution is -2.64. The zero-order valence-electron chi connectivity index (χ0n) is 73.7. The Hall–Kier alpha value is -12.4. The second kappa shape index (κ2) is 49.9. The number of hydrogen-bond acceptors (Lipinski definition) is 19. The molecular formula is C91H128N16O19. The van der Waals surface area contributed by atoms with Crippen LogP contribution in [-0.4, -0.2) is 205 Å². The molecule has 1 aliphatic rings. The Balaban J connectivity index is 1.38. The summed E-state index contributed by atoms with van der Waals surface area (Å²) in [6, 6.07) is 13.7. The van der Waals surface area contributed by atoms with E-state index >= 15 is 24.0 Å². The Labute approximate surface area is 734 Å². The maximum Gasteiger partial charge on any atom is 0.246 e. The molecule has 0 bridgehead atoms. The van der Waals surface area contributed by atoms with Crippen molar-refractivity contribution in [3.63, 3.8) is 0 Å². The van der Waals surface area contributed by atoms with Gasteiger partial charge in [-0.15, -0.1) is 0 Å². The fraction of sp³-hybridized carbons (Fsp3) is 0.516. The molecule has 15 amide bonds. The number of ketones is 1. The summed E-state index contributed by atoms with van der Waals surface area (Å²) < 4.78 is 0. The van der Waals surface area contributed by atoms with Gasteiger partial charge in [0.25, 0.3) is 0 Å². The molecule has 35 nitrogen and oxygen atoms in total. The minimum atomic E-state index is -1.92. The van der Waals surface area contributed by atoms with Crippen LogP contribution in [0.3, 0.4) is 0 Å². The number of nitrogens with two attached hydrogens (primary N) is 2. The third-order valence-electron chi connectivity index (χ3n) is 21.9. The van der Waals surface area contributed by atoms with Crippen LogP contribution in [0.5, 0.6) is 5.75 Å². The lowest BCUT2D eigenvalue weighted by Gasteiger charge is -2.33. The van der Waals surface area contributed by atoms with Crippen molar-refractivity contribution in [2.75, 3.05) is 6.61 Å². The zero-order valence-corrected chi connectivity index (χ0v) is 73.7. The number of phenolic OH excluding ortho intramolecular Hbond substituents is 1. The van der Waals surface area contributed by atoms with E-state index in [0.717, 1.165) is 0 Å². The van der Waals surface area contributed by atoms with Crippen molar-refractivity contribution in [3.8, 4) is 5.75 Å². The number of aliphatic hydroxyl groups is 2. The van der Waals surface area contributed by atoms with Crippen LogP contribution in [0.2, 0.25) is 0 Å². The number of hydrogen-bond donors (Lipinski definition) is 19. The monoisotopic (exact) mass is 1750 g/mol. The van der Waals surface area contributed by atoms with E-state index < -0.39 is 203 Å². The van der Waals surface area contributed by atoms with Crippen molar-refractivity contribution in [1.82, 2.24) is 74.1 Å². The van der Waals surface area contributed by atoms with Crippen LogP contribution in [-0.2, 0) is 102 Å². The highest BCUT2D eigenvalue weighted by Gasteiger charge is 2.43. The molecule has 0 fully saturated rings. The van der Waals surface area contributed by atoms with Gasteiger partial charge in [-0.05, 0) is 152 Å². The highest BCUT2D eigenvalue weighted by Crippen LogP contribution is 2.26. The molecule has 15 atom stereocenters. The number of carbonyl (C=O) groups is 16. The number of allylic oxidation sites excluding steroid dienone is 2. The van der Waals surface area contributed by atoms with E-state index in [9.17, 15) is 68.1 Å². The molecule has 126 heavy (non-hydrogen) atoms. The largest absolute Gasteiger partial charge is 0.508 e. The van der Waals surface area contributed by atoms with Crippen LogP contribution in [0.25, 0.3) is 10.9 Å². The van der Waals surface area contributed by atoms with Crippen LogP contribution in [0.15, 0.2) is 128 Å². The van der Waals surface area contributed by atoms with Gasteiger partial charge >= 0.3 is 0 Å². The second-order valence-corrected chi connectivity index (χ2v) is 34.0. The van der Waals surface area contributed by atoms with Crippen LogP contribution in [0.4, 0.5) is 0 Å². The highest BCUT2D eigenvalue weighted by atomic mass is 16.3. The van der Waals surface area contributed by atoms with E-state index in [2.05, 4.69) is 74.1 Å². The van der Waals surface area contributed by atoms with Crippen LogP contribution >= 0.6 is 0 Å². The topological polar surface area (TPSA) is 558 Å². The molecule has 2 heterocycles. The molecule has 6 rings (SSSR count).